The molecule has 0 spiro atoms. The van der Waals surface area contributed by atoms with Gasteiger partial charge in [-0.2, -0.15) is 0 Å². The Hall–Kier alpha value is -1.56. The van der Waals surface area contributed by atoms with Crippen LogP contribution in [0.5, 0.6) is 5.88 Å². The summed E-state index contributed by atoms with van der Waals surface area (Å²) in [7, 11) is 1.49. The number of carbonyl (C=O) groups excluding carboxylic acids is 1. The van der Waals surface area contributed by atoms with E-state index in [2.05, 4.69) is 10.5 Å². The Balaban J connectivity index is 1.73. The molecule has 2 saturated heterocycles. The van der Waals surface area contributed by atoms with Crippen molar-refractivity contribution in [2.45, 2.75) is 6.04 Å². The van der Waals surface area contributed by atoms with Crippen LogP contribution in [-0.4, -0.2) is 48.7 Å². The molecular formula is C10H13N3O3. The molecule has 2 unspecified atom stereocenters. The largest absolute Gasteiger partial charge is 0.479 e. The van der Waals surface area contributed by atoms with Gasteiger partial charge in [0.1, 0.15) is 0 Å². The Morgan fingerprint density at radius 1 is 1.69 bits per heavy atom. The first-order valence-electron chi connectivity index (χ1n) is 5.32. The van der Waals surface area contributed by atoms with E-state index < -0.39 is 0 Å². The molecule has 3 heterocycles. The van der Waals surface area contributed by atoms with Gasteiger partial charge in [-0.05, 0) is 5.16 Å². The lowest BCUT2D eigenvalue weighted by Crippen LogP contribution is -2.57. The second-order valence-electron chi connectivity index (χ2n) is 4.18. The highest BCUT2D eigenvalue weighted by atomic mass is 16.5. The summed E-state index contributed by atoms with van der Waals surface area (Å²) in [5.41, 5.74) is 0. The summed E-state index contributed by atoms with van der Waals surface area (Å²) < 4.78 is 9.81. The summed E-state index contributed by atoms with van der Waals surface area (Å²) in [5.74, 6) is 1.10. The summed E-state index contributed by atoms with van der Waals surface area (Å²) in [5, 5.41) is 6.89. The van der Waals surface area contributed by atoms with Crippen LogP contribution in [0.15, 0.2) is 10.6 Å². The second kappa shape index (κ2) is 3.48. The van der Waals surface area contributed by atoms with Gasteiger partial charge in [-0.1, -0.05) is 0 Å². The van der Waals surface area contributed by atoms with Gasteiger partial charge in [0.15, 0.2) is 0 Å². The Kier molecular flexibility index (Phi) is 2.10. The fraction of sp³-hybridized carbons (Fsp3) is 0.600. The minimum atomic E-state index is -0.0965. The zero-order chi connectivity index (χ0) is 11.1. The fourth-order valence-corrected chi connectivity index (χ4v) is 2.35. The maximum absolute atomic E-state index is 12.0. The molecule has 0 aromatic carbocycles. The van der Waals surface area contributed by atoms with E-state index in [4.69, 9.17) is 9.26 Å². The van der Waals surface area contributed by atoms with E-state index >= 15 is 0 Å². The van der Waals surface area contributed by atoms with Crippen molar-refractivity contribution in [3.8, 4) is 5.88 Å². The molecule has 86 valence electrons. The predicted molar refractivity (Wildman–Crippen MR) is 54.2 cm³/mol. The van der Waals surface area contributed by atoms with Crippen LogP contribution in [0.1, 0.15) is 10.6 Å². The van der Waals surface area contributed by atoms with Gasteiger partial charge in [-0.3, -0.25) is 4.79 Å². The van der Waals surface area contributed by atoms with Crippen LogP contribution in [0.2, 0.25) is 0 Å². The van der Waals surface area contributed by atoms with Gasteiger partial charge in [0, 0.05) is 25.6 Å². The number of fused-ring (bicyclic) bond motifs is 1. The lowest BCUT2D eigenvalue weighted by atomic mass is 9.92. The lowest BCUT2D eigenvalue weighted by molar-refractivity contribution is 0.0289. The summed E-state index contributed by atoms with van der Waals surface area (Å²) in [6, 6.07) is 1.85. The quantitative estimate of drug-likeness (QED) is 0.747. The number of hydrogen-bond donors (Lipinski definition) is 1. The average molecular weight is 223 g/mol. The smallest absolute Gasteiger partial charge is 0.292 e. The molecule has 2 fully saturated rings. The number of carbonyl (C=O) groups is 1. The average Bonchev–Trinajstić information content (AvgIpc) is 2.86. The first-order valence-corrected chi connectivity index (χ1v) is 5.32. The van der Waals surface area contributed by atoms with Gasteiger partial charge < -0.3 is 19.5 Å². The molecule has 0 radical (unpaired) electrons. The van der Waals surface area contributed by atoms with Crippen LogP contribution >= 0.6 is 0 Å². The van der Waals surface area contributed by atoms with Crippen LogP contribution in [-0.2, 0) is 0 Å². The van der Waals surface area contributed by atoms with Crippen LogP contribution in [0.3, 0.4) is 0 Å². The van der Waals surface area contributed by atoms with E-state index in [0.29, 0.717) is 17.8 Å². The maximum atomic E-state index is 12.0. The number of methoxy groups -OCH3 is 1. The van der Waals surface area contributed by atoms with Crippen LogP contribution < -0.4 is 10.1 Å². The third kappa shape index (κ3) is 1.30. The topological polar surface area (TPSA) is 67.6 Å². The summed E-state index contributed by atoms with van der Waals surface area (Å²) >= 11 is 0. The van der Waals surface area contributed by atoms with E-state index in [1.165, 1.54) is 13.2 Å². The molecule has 2 atom stereocenters. The van der Waals surface area contributed by atoms with E-state index in [0.717, 1.165) is 19.6 Å². The highest BCUT2D eigenvalue weighted by molar-refractivity contribution is 5.92. The predicted octanol–water partition coefficient (Wildman–Crippen LogP) is -0.273. The molecule has 0 aliphatic carbocycles. The van der Waals surface area contributed by atoms with E-state index in [9.17, 15) is 4.79 Å². The van der Waals surface area contributed by atoms with Crippen LogP contribution in [0.25, 0.3) is 0 Å². The molecule has 0 saturated carbocycles. The number of hydrogen-bond acceptors (Lipinski definition) is 5. The SMILES string of the molecule is COc1cc(C(=O)N2CC3CNCC32)on1. The first-order chi connectivity index (χ1) is 7.79. The van der Waals surface area contributed by atoms with Gasteiger partial charge in [0.2, 0.25) is 5.76 Å². The molecule has 16 heavy (non-hydrogen) atoms. The minimum absolute atomic E-state index is 0.0965. The second-order valence-corrected chi connectivity index (χ2v) is 4.18. The van der Waals surface area contributed by atoms with E-state index in [1.807, 2.05) is 4.90 Å². The molecule has 0 bridgehead atoms. The third-order valence-electron chi connectivity index (χ3n) is 3.31. The Bertz CT molecular complexity index is 417. The highest BCUT2D eigenvalue weighted by Gasteiger charge is 2.45. The number of aromatic nitrogens is 1. The molecule has 1 N–H and O–H groups in total. The molecule has 6 heteroatoms. The Morgan fingerprint density at radius 3 is 3.25 bits per heavy atom. The fourth-order valence-electron chi connectivity index (χ4n) is 2.35. The van der Waals surface area contributed by atoms with E-state index in [1.54, 1.807) is 0 Å². The summed E-state index contributed by atoms with van der Waals surface area (Å²) in [6.07, 6.45) is 0. The van der Waals surface area contributed by atoms with Crippen molar-refractivity contribution in [2.75, 3.05) is 26.7 Å². The van der Waals surface area contributed by atoms with Crippen molar-refractivity contribution in [1.29, 1.82) is 0 Å². The summed E-state index contributed by atoms with van der Waals surface area (Å²) in [4.78, 5) is 13.8. The Labute approximate surface area is 92.5 Å². The first kappa shape index (κ1) is 9.65. The molecule has 2 aliphatic heterocycles. The molecule has 1 amide bonds. The van der Waals surface area contributed by atoms with E-state index in [-0.39, 0.29) is 11.7 Å². The van der Waals surface area contributed by atoms with Gasteiger partial charge in [-0.25, -0.2) is 0 Å². The monoisotopic (exact) mass is 223 g/mol. The van der Waals surface area contributed by atoms with Gasteiger partial charge >= 0.3 is 0 Å². The number of ether oxygens (including phenoxy) is 1. The number of nitrogens with zero attached hydrogens (tertiary/aromatic N) is 2. The number of nitrogens with one attached hydrogen (secondary N) is 1. The van der Waals surface area contributed by atoms with Gasteiger partial charge in [0.05, 0.1) is 19.2 Å². The third-order valence-corrected chi connectivity index (χ3v) is 3.31. The van der Waals surface area contributed by atoms with Crippen molar-refractivity contribution in [1.82, 2.24) is 15.4 Å². The number of rotatable bonds is 2. The molecule has 2 aliphatic rings. The van der Waals surface area contributed by atoms with Crippen molar-refractivity contribution >= 4 is 5.91 Å². The van der Waals surface area contributed by atoms with Crippen molar-refractivity contribution < 1.29 is 14.1 Å². The standard InChI is InChI=1S/C10H13N3O3/c1-15-9-2-8(16-12-9)10(14)13-5-6-3-11-4-7(6)13/h2,6-7,11H,3-5H2,1H3. The van der Waals surface area contributed by atoms with Crippen molar-refractivity contribution in [3.63, 3.8) is 0 Å². The van der Waals surface area contributed by atoms with Crippen LogP contribution in [0, 0.1) is 5.92 Å². The Morgan fingerprint density at radius 2 is 2.56 bits per heavy atom. The van der Waals surface area contributed by atoms with Crippen LogP contribution in [0.4, 0.5) is 0 Å². The molecule has 6 nitrogen and oxygen atoms in total. The lowest BCUT2D eigenvalue weighted by Gasteiger charge is -2.43. The molecular weight excluding hydrogens is 210 g/mol. The summed E-state index contributed by atoms with van der Waals surface area (Å²) in [6.45, 7) is 2.69. The molecule has 3 rings (SSSR count). The molecule has 1 aromatic rings. The molecule has 1 aromatic heterocycles. The number of amides is 1. The van der Waals surface area contributed by atoms with Crippen molar-refractivity contribution in [2.24, 2.45) is 5.92 Å². The number of likely N-dealkylation sites (tertiary alicyclic amines) is 1. The zero-order valence-electron chi connectivity index (χ0n) is 8.97. The van der Waals surface area contributed by atoms with Crippen molar-refractivity contribution in [3.05, 3.63) is 11.8 Å². The van der Waals surface area contributed by atoms with Gasteiger partial charge in [-0.15, -0.1) is 0 Å². The normalized spacial score (nSPS) is 27.4. The van der Waals surface area contributed by atoms with Gasteiger partial charge in [0.25, 0.3) is 11.8 Å². The minimum Gasteiger partial charge on any atom is -0.479 e. The zero-order valence-corrected chi connectivity index (χ0v) is 8.97. The maximum Gasteiger partial charge on any atom is 0.292 e. The highest BCUT2D eigenvalue weighted by Crippen LogP contribution is 2.29.